The molecule has 2 aromatic rings. The highest BCUT2D eigenvalue weighted by atomic mass is 32.2. The number of benzene rings is 1. The van der Waals surface area contributed by atoms with Crippen LogP contribution in [0, 0.1) is 11.3 Å². The number of ketones is 1. The molecule has 2 heterocycles. The highest BCUT2D eigenvalue weighted by Crippen LogP contribution is 2.43. The van der Waals surface area contributed by atoms with Crippen molar-refractivity contribution in [1.29, 1.82) is 5.26 Å². The van der Waals surface area contributed by atoms with E-state index in [9.17, 15) is 13.6 Å². The van der Waals surface area contributed by atoms with E-state index in [1.807, 2.05) is 6.07 Å². The number of Topliss-reactive ketones (excluding diaryl/α,β-unsaturated/α-hetero) is 1. The quantitative estimate of drug-likeness (QED) is 0.876. The van der Waals surface area contributed by atoms with Crippen molar-refractivity contribution >= 4 is 17.5 Å². The number of nitriles is 1. The number of nitrogens with zero attached hydrogens (tertiary/aromatic N) is 2. The van der Waals surface area contributed by atoms with Crippen LogP contribution < -0.4 is 0 Å². The van der Waals surface area contributed by atoms with Gasteiger partial charge in [-0.25, -0.2) is 8.78 Å². The maximum Gasteiger partial charge on any atom is 0.263 e. The average molecular weight is 378 g/mol. The van der Waals surface area contributed by atoms with Gasteiger partial charge in [-0.05, 0) is 29.8 Å². The van der Waals surface area contributed by atoms with Crippen molar-refractivity contribution in [2.24, 2.45) is 0 Å². The van der Waals surface area contributed by atoms with Crippen LogP contribution in [0.25, 0.3) is 0 Å². The van der Waals surface area contributed by atoms with E-state index in [1.54, 1.807) is 12.3 Å². The lowest BCUT2D eigenvalue weighted by Gasteiger charge is -2.21. The number of aromatic nitrogens is 1. The molecule has 0 saturated carbocycles. The third kappa shape index (κ3) is 3.90. The van der Waals surface area contributed by atoms with Gasteiger partial charge in [0, 0.05) is 42.6 Å². The number of fused-ring (bicyclic) bond motifs is 1. The third-order valence-corrected chi connectivity index (χ3v) is 5.07. The van der Waals surface area contributed by atoms with Gasteiger partial charge in [0.2, 0.25) is 0 Å². The SMILES string of the molecule is CO.COC(c1cc(C#N)cc(C(F)F)c1)C1Sc2cnccc2C1=O. The number of rotatable bonds is 4. The highest BCUT2D eigenvalue weighted by Gasteiger charge is 2.38. The Morgan fingerprint density at radius 3 is 2.58 bits per heavy atom. The predicted octanol–water partition coefficient (Wildman–Crippen LogP) is 3.54. The Morgan fingerprint density at radius 2 is 2.00 bits per heavy atom. The van der Waals surface area contributed by atoms with E-state index in [1.165, 1.54) is 37.2 Å². The van der Waals surface area contributed by atoms with Crippen LogP contribution in [-0.2, 0) is 4.74 Å². The second-order valence-electron chi connectivity index (χ2n) is 5.23. The first-order valence-corrected chi connectivity index (χ1v) is 8.38. The standard InChI is InChI=1S/C17H12F2N2O2S.CH4O/c1-23-15(10-4-9(7-20)5-11(6-10)17(18)19)16-14(22)12-2-3-21-8-13(12)24-16;1-2/h2-6,8,15-17H,1H3;2H,1H3. The molecule has 8 heteroatoms. The number of hydrogen-bond acceptors (Lipinski definition) is 6. The zero-order valence-electron chi connectivity index (χ0n) is 14.0. The van der Waals surface area contributed by atoms with Gasteiger partial charge in [-0.2, -0.15) is 5.26 Å². The summed E-state index contributed by atoms with van der Waals surface area (Å²) in [6.45, 7) is 0. The van der Waals surface area contributed by atoms with Crippen LogP contribution in [0.1, 0.15) is 39.6 Å². The van der Waals surface area contributed by atoms with E-state index in [0.29, 0.717) is 11.1 Å². The number of pyridine rings is 1. The molecule has 1 aliphatic heterocycles. The van der Waals surface area contributed by atoms with E-state index in [2.05, 4.69) is 4.98 Å². The second-order valence-corrected chi connectivity index (χ2v) is 6.42. The van der Waals surface area contributed by atoms with Crippen LogP contribution in [0.2, 0.25) is 0 Å². The van der Waals surface area contributed by atoms with Crippen LogP contribution in [0.5, 0.6) is 0 Å². The summed E-state index contributed by atoms with van der Waals surface area (Å²) >= 11 is 1.29. The van der Waals surface area contributed by atoms with Crippen molar-refractivity contribution in [3.05, 3.63) is 58.9 Å². The summed E-state index contributed by atoms with van der Waals surface area (Å²) in [6.07, 6.45) is -0.309. The summed E-state index contributed by atoms with van der Waals surface area (Å²) < 4.78 is 31.6. The molecule has 1 aliphatic rings. The normalized spacial score (nSPS) is 16.5. The van der Waals surface area contributed by atoms with Crippen molar-refractivity contribution in [3.8, 4) is 6.07 Å². The van der Waals surface area contributed by atoms with Crippen LogP contribution in [0.4, 0.5) is 8.78 Å². The van der Waals surface area contributed by atoms with Crippen molar-refractivity contribution in [3.63, 3.8) is 0 Å². The summed E-state index contributed by atoms with van der Waals surface area (Å²) in [5.74, 6) is -0.134. The van der Waals surface area contributed by atoms with Gasteiger partial charge in [-0.15, -0.1) is 11.8 Å². The van der Waals surface area contributed by atoms with Crippen LogP contribution >= 0.6 is 11.8 Å². The smallest absolute Gasteiger partial charge is 0.263 e. The zero-order chi connectivity index (χ0) is 19.3. The van der Waals surface area contributed by atoms with E-state index in [-0.39, 0.29) is 16.9 Å². The van der Waals surface area contributed by atoms with Gasteiger partial charge in [0.15, 0.2) is 5.78 Å². The molecule has 1 aromatic heterocycles. The van der Waals surface area contributed by atoms with Gasteiger partial charge < -0.3 is 9.84 Å². The van der Waals surface area contributed by atoms with E-state index >= 15 is 0 Å². The number of methoxy groups -OCH3 is 1. The number of aliphatic hydroxyl groups excluding tert-OH is 1. The van der Waals surface area contributed by atoms with E-state index in [4.69, 9.17) is 15.1 Å². The number of ether oxygens (including phenoxy) is 1. The fourth-order valence-corrected chi connectivity index (χ4v) is 4.00. The molecule has 0 radical (unpaired) electrons. The lowest BCUT2D eigenvalue weighted by Crippen LogP contribution is -2.23. The third-order valence-electron chi connectivity index (χ3n) is 3.78. The maximum absolute atomic E-state index is 13.1. The molecule has 0 bridgehead atoms. The summed E-state index contributed by atoms with van der Waals surface area (Å²) in [5, 5.41) is 15.5. The number of halogens is 2. The lowest BCUT2D eigenvalue weighted by atomic mass is 9.97. The van der Waals surface area contributed by atoms with Gasteiger partial charge in [0.1, 0.15) is 11.4 Å². The van der Waals surface area contributed by atoms with Gasteiger partial charge in [0.05, 0.1) is 11.6 Å². The number of alkyl halides is 2. The molecule has 0 saturated heterocycles. The Kier molecular flexibility index (Phi) is 6.80. The Hall–Kier alpha value is -2.34. The molecule has 0 aliphatic carbocycles. The highest BCUT2D eigenvalue weighted by molar-refractivity contribution is 8.01. The van der Waals surface area contributed by atoms with E-state index < -0.39 is 17.8 Å². The summed E-state index contributed by atoms with van der Waals surface area (Å²) in [6, 6.07) is 7.41. The number of hydrogen-bond donors (Lipinski definition) is 1. The minimum absolute atomic E-state index is 0.111. The zero-order valence-corrected chi connectivity index (χ0v) is 14.8. The fourth-order valence-electron chi connectivity index (χ4n) is 2.69. The predicted molar refractivity (Wildman–Crippen MR) is 92.2 cm³/mol. The molecule has 136 valence electrons. The number of aliphatic hydroxyl groups is 1. The van der Waals surface area contributed by atoms with Crippen molar-refractivity contribution in [2.75, 3.05) is 14.2 Å². The van der Waals surface area contributed by atoms with Gasteiger partial charge >= 0.3 is 0 Å². The number of thioether (sulfide) groups is 1. The van der Waals surface area contributed by atoms with Gasteiger partial charge in [0.25, 0.3) is 6.43 Å². The fraction of sp³-hybridized carbons (Fsp3) is 0.278. The first-order chi connectivity index (χ1) is 12.5. The molecule has 2 atom stereocenters. The van der Waals surface area contributed by atoms with Crippen LogP contribution in [0.3, 0.4) is 0 Å². The lowest BCUT2D eigenvalue weighted by molar-refractivity contribution is 0.0766. The summed E-state index contributed by atoms with van der Waals surface area (Å²) in [4.78, 5) is 17.3. The average Bonchev–Trinajstić information content (AvgIpc) is 3.00. The van der Waals surface area contributed by atoms with Crippen LogP contribution in [0.15, 0.2) is 41.6 Å². The number of carbonyl (C=O) groups excluding carboxylic acids is 1. The first-order valence-electron chi connectivity index (χ1n) is 7.50. The second kappa shape index (κ2) is 8.85. The molecule has 5 nitrogen and oxygen atoms in total. The molecule has 0 amide bonds. The largest absolute Gasteiger partial charge is 0.400 e. The molecule has 0 fully saturated rings. The molecule has 3 rings (SSSR count). The number of carbonyl (C=O) groups is 1. The Bertz CT molecular complexity index is 839. The summed E-state index contributed by atoms with van der Waals surface area (Å²) in [5.41, 5.74) is 0.784. The van der Waals surface area contributed by atoms with Crippen molar-refractivity contribution in [1.82, 2.24) is 4.98 Å². The molecule has 1 N–H and O–H groups in total. The molecule has 26 heavy (non-hydrogen) atoms. The molecule has 0 spiro atoms. The Balaban J connectivity index is 0.00000117. The van der Waals surface area contributed by atoms with Gasteiger partial charge in [-0.3, -0.25) is 9.78 Å². The van der Waals surface area contributed by atoms with Crippen molar-refractivity contribution in [2.45, 2.75) is 22.7 Å². The monoisotopic (exact) mass is 378 g/mol. The summed E-state index contributed by atoms with van der Waals surface area (Å²) in [7, 11) is 2.42. The van der Waals surface area contributed by atoms with Crippen molar-refractivity contribution < 1.29 is 23.4 Å². The molecule has 2 unspecified atom stereocenters. The van der Waals surface area contributed by atoms with E-state index in [0.717, 1.165) is 18.1 Å². The minimum Gasteiger partial charge on any atom is -0.400 e. The topological polar surface area (TPSA) is 83.2 Å². The molecular weight excluding hydrogens is 362 g/mol. The maximum atomic E-state index is 13.1. The first kappa shape index (κ1) is 20.0. The van der Waals surface area contributed by atoms with Crippen LogP contribution in [-0.4, -0.2) is 35.3 Å². The Morgan fingerprint density at radius 1 is 1.31 bits per heavy atom. The van der Waals surface area contributed by atoms with Gasteiger partial charge in [-0.1, -0.05) is 0 Å². The molecular formula is C18H16F2N2O3S. The Labute approximate surface area is 153 Å². The molecule has 1 aromatic carbocycles. The minimum atomic E-state index is -2.71.